The molecule has 0 amide bonds. The molecule has 4 nitrogen and oxygen atoms in total. The lowest BCUT2D eigenvalue weighted by Gasteiger charge is -2.13. The lowest BCUT2D eigenvalue weighted by atomic mass is 10.1. The molecule has 2 aromatic rings. The van der Waals surface area contributed by atoms with Gasteiger partial charge in [0.05, 0.1) is 6.61 Å². The van der Waals surface area contributed by atoms with Crippen LogP contribution in [0.5, 0.6) is 5.75 Å². The van der Waals surface area contributed by atoms with E-state index < -0.39 is 0 Å². The fourth-order valence-corrected chi connectivity index (χ4v) is 2.56. The van der Waals surface area contributed by atoms with Crippen molar-refractivity contribution in [2.24, 2.45) is 0 Å². The van der Waals surface area contributed by atoms with Crippen LogP contribution in [0.15, 0.2) is 29.3 Å². The van der Waals surface area contributed by atoms with Gasteiger partial charge in [-0.25, -0.2) is 0 Å². The van der Waals surface area contributed by atoms with Gasteiger partial charge in [-0.15, -0.1) is 6.58 Å². The Morgan fingerprint density at radius 3 is 2.68 bits per heavy atom. The Balaban J connectivity index is 1.76. The van der Waals surface area contributed by atoms with Gasteiger partial charge in [0, 0.05) is 11.5 Å². The number of hydrogen-bond donors (Lipinski definition) is 0. The first-order valence-corrected chi connectivity index (χ1v) is 7.88. The van der Waals surface area contributed by atoms with E-state index in [-0.39, 0.29) is 0 Å². The third-order valence-electron chi connectivity index (χ3n) is 3.89. The number of ether oxygens (including phenoxy) is 1. The largest absolute Gasteiger partial charge is 0.493 e. The summed E-state index contributed by atoms with van der Waals surface area (Å²) < 4.78 is 11.2. The summed E-state index contributed by atoms with van der Waals surface area (Å²) in [6.45, 7) is 8.55. The lowest BCUT2D eigenvalue weighted by molar-refractivity contribution is 0.308. The lowest BCUT2D eigenvalue weighted by Crippen LogP contribution is -2.01. The number of unbranched alkanes of at least 4 members (excludes halogenated alkanes) is 1. The highest BCUT2D eigenvalue weighted by Crippen LogP contribution is 2.39. The van der Waals surface area contributed by atoms with Crippen molar-refractivity contribution in [3.63, 3.8) is 0 Å². The number of aryl methyl sites for hydroxylation is 2. The Labute approximate surface area is 131 Å². The van der Waals surface area contributed by atoms with Crippen LogP contribution in [0.3, 0.4) is 0 Å². The molecule has 1 aliphatic rings. The Morgan fingerprint density at radius 2 is 2.05 bits per heavy atom. The summed E-state index contributed by atoms with van der Waals surface area (Å²) in [5.74, 6) is 2.89. The number of rotatable bonds is 7. The molecule has 4 heteroatoms. The first-order valence-electron chi connectivity index (χ1n) is 7.88. The highest BCUT2D eigenvalue weighted by molar-refractivity contribution is 5.61. The molecular weight excluding hydrogens is 276 g/mol. The molecule has 0 N–H and O–H groups in total. The van der Waals surface area contributed by atoms with E-state index in [2.05, 4.69) is 42.7 Å². The molecule has 116 valence electrons. The predicted molar refractivity (Wildman–Crippen MR) is 86.1 cm³/mol. The van der Waals surface area contributed by atoms with Gasteiger partial charge in [0.2, 0.25) is 11.7 Å². The third kappa shape index (κ3) is 3.21. The normalized spacial score (nSPS) is 14.1. The van der Waals surface area contributed by atoms with Gasteiger partial charge in [0.15, 0.2) is 0 Å². The van der Waals surface area contributed by atoms with E-state index in [9.17, 15) is 0 Å². The van der Waals surface area contributed by atoms with Crippen molar-refractivity contribution >= 4 is 0 Å². The highest BCUT2D eigenvalue weighted by Gasteiger charge is 2.29. The monoisotopic (exact) mass is 298 g/mol. The molecule has 0 atom stereocenters. The molecule has 1 aromatic heterocycles. The maximum atomic E-state index is 5.90. The van der Waals surface area contributed by atoms with E-state index in [0.29, 0.717) is 18.3 Å². The summed E-state index contributed by atoms with van der Waals surface area (Å²) >= 11 is 0. The van der Waals surface area contributed by atoms with E-state index in [1.807, 2.05) is 6.08 Å². The summed E-state index contributed by atoms with van der Waals surface area (Å²) in [5.41, 5.74) is 3.20. The van der Waals surface area contributed by atoms with Crippen molar-refractivity contribution in [3.8, 4) is 17.1 Å². The average Bonchev–Trinajstić information content (AvgIpc) is 3.23. The SMILES string of the molecule is C=CCCCOc1c(C)cc(-c2noc(C3CC3)n2)cc1C. The standard InChI is InChI=1S/C18H22N2O2/c1-4-5-6-9-21-16-12(2)10-15(11-13(16)3)17-19-18(22-20-17)14-7-8-14/h4,10-11,14H,1,5-9H2,2-3H3. The van der Waals surface area contributed by atoms with Gasteiger partial charge >= 0.3 is 0 Å². The van der Waals surface area contributed by atoms with E-state index in [1.54, 1.807) is 0 Å². The maximum absolute atomic E-state index is 5.90. The Bertz CT molecular complexity index is 648. The molecule has 1 fully saturated rings. The second kappa shape index (κ2) is 6.34. The molecule has 0 bridgehead atoms. The smallest absolute Gasteiger partial charge is 0.230 e. The van der Waals surface area contributed by atoms with Crippen molar-refractivity contribution in [2.75, 3.05) is 6.61 Å². The van der Waals surface area contributed by atoms with Crippen molar-refractivity contribution in [3.05, 3.63) is 41.8 Å². The fourth-order valence-electron chi connectivity index (χ4n) is 2.56. The summed E-state index contributed by atoms with van der Waals surface area (Å²) in [6.07, 6.45) is 6.21. The molecule has 1 saturated carbocycles. The quantitative estimate of drug-likeness (QED) is 0.554. The molecule has 1 heterocycles. The molecule has 0 radical (unpaired) electrons. The zero-order chi connectivity index (χ0) is 15.5. The second-order valence-electron chi connectivity index (χ2n) is 5.95. The van der Waals surface area contributed by atoms with Gasteiger partial charge in [-0.05, 0) is 62.8 Å². The summed E-state index contributed by atoms with van der Waals surface area (Å²) in [4.78, 5) is 4.51. The summed E-state index contributed by atoms with van der Waals surface area (Å²) in [7, 11) is 0. The Morgan fingerprint density at radius 1 is 1.32 bits per heavy atom. The minimum Gasteiger partial charge on any atom is -0.493 e. The number of allylic oxidation sites excluding steroid dienone is 1. The van der Waals surface area contributed by atoms with E-state index in [1.165, 1.54) is 0 Å². The summed E-state index contributed by atoms with van der Waals surface area (Å²) in [5, 5.41) is 4.11. The van der Waals surface area contributed by atoms with Crippen molar-refractivity contribution < 1.29 is 9.26 Å². The van der Waals surface area contributed by atoms with Gasteiger partial charge in [0.1, 0.15) is 5.75 Å². The molecule has 0 aliphatic heterocycles. The fraction of sp³-hybridized carbons (Fsp3) is 0.444. The van der Waals surface area contributed by atoms with E-state index in [4.69, 9.17) is 9.26 Å². The predicted octanol–water partition coefficient (Wildman–Crippen LogP) is 4.58. The Hall–Kier alpha value is -2.10. The van der Waals surface area contributed by atoms with Crippen LogP contribution in [0.1, 0.15) is 48.6 Å². The van der Waals surface area contributed by atoms with Gasteiger partial charge in [-0.2, -0.15) is 4.98 Å². The molecule has 0 spiro atoms. The molecule has 1 aliphatic carbocycles. The molecule has 22 heavy (non-hydrogen) atoms. The van der Waals surface area contributed by atoms with Crippen LogP contribution in [-0.2, 0) is 0 Å². The van der Waals surface area contributed by atoms with Crippen LogP contribution in [-0.4, -0.2) is 16.7 Å². The minimum atomic E-state index is 0.482. The van der Waals surface area contributed by atoms with Gasteiger partial charge in [0.25, 0.3) is 0 Å². The van der Waals surface area contributed by atoms with Crippen molar-refractivity contribution in [1.29, 1.82) is 0 Å². The van der Waals surface area contributed by atoms with E-state index in [0.717, 1.165) is 54.0 Å². The van der Waals surface area contributed by atoms with Gasteiger partial charge in [-0.1, -0.05) is 11.2 Å². The number of hydrogen-bond acceptors (Lipinski definition) is 4. The maximum Gasteiger partial charge on any atom is 0.230 e. The second-order valence-corrected chi connectivity index (χ2v) is 5.95. The molecule has 0 unspecified atom stereocenters. The summed E-state index contributed by atoms with van der Waals surface area (Å²) in [6, 6.07) is 4.13. The highest BCUT2D eigenvalue weighted by atomic mass is 16.5. The van der Waals surface area contributed by atoms with Crippen LogP contribution < -0.4 is 4.74 Å². The third-order valence-corrected chi connectivity index (χ3v) is 3.89. The molecule has 0 saturated heterocycles. The molecule has 1 aromatic carbocycles. The average molecular weight is 298 g/mol. The van der Waals surface area contributed by atoms with Crippen LogP contribution in [0.4, 0.5) is 0 Å². The van der Waals surface area contributed by atoms with Crippen LogP contribution in [0.2, 0.25) is 0 Å². The molecule has 3 rings (SSSR count). The molecular formula is C18H22N2O2. The number of benzene rings is 1. The first kappa shape index (κ1) is 14.8. The first-order chi connectivity index (χ1) is 10.7. The van der Waals surface area contributed by atoms with Crippen LogP contribution >= 0.6 is 0 Å². The van der Waals surface area contributed by atoms with Gasteiger partial charge < -0.3 is 9.26 Å². The zero-order valence-electron chi connectivity index (χ0n) is 13.3. The van der Waals surface area contributed by atoms with Crippen molar-refractivity contribution in [2.45, 2.75) is 45.4 Å². The van der Waals surface area contributed by atoms with Crippen LogP contribution in [0, 0.1) is 13.8 Å². The number of aromatic nitrogens is 2. The number of nitrogens with zero attached hydrogens (tertiary/aromatic N) is 2. The van der Waals surface area contributed by atoms with Crippen LogP contribution in [0.25, 0.3) is 11.4 Å². The zero-order valence-corrected chi connectivity index (χ0v) is 13.3. The topological polar surface area (TPSA) is 48.2 Å². The van der Waals surface area contributed by atoms with Crippen molar-refractivity contribution in [1.82, 2.24) is 10.1 Å². The Kier molecular flexibility index (Phi) is 4.27. The van der Waals surface area contributed by atoms with Gasteiger partial charge in [-0.3, -0.25) is 0 Å². The van der Waals surface area contributed by atoms with E-state index >= 15 is 0 Å². The minimum absolute atomic E-state index is 0.482.